The number of nitrogens with zero attached hydrogens (tertiary/aromatic N) is 3. The third kappa shape index (κ3) is 1.27. The van der Waals surface area contributed by atoms with E-state index in [0.717, 1.165) is 30.0 Å². The molecule has 3 saturated heterocycles. The van der Waals surface area contributed by atoms with E-state index in [2.05, 4.69) is 20.0 Å². The average Bonchev–Trinajstić information content (AvgIpc) is 3.26. The molecule has 1 amide bonds. The highest BCUT2D eigenvalue weighted by molar-refractivity contribution is 6.07. The first-order valence-electron chi connectivity index (χ1n) is 8.80. The van der Waals surface area contributed by atoms with E-state index in [-0.39, 0.29) is 5.91 Å². The van der Waals surface area contributed by atoms with Crippen LogP contribution in [0.5, 0.6) is 5.75 Å². The van der Waals surface area contributed by atoms with Crippen LogP contribution < -0.4 is 4.74 Å². The van der Waals surface area contributed by atoms with Gasteiger partial charge in [0, 0.05) is 24.5 Å². The summed E-state index contributed by atoms with van der Waals surface area (Å²) in [5, 5.41) is 8.15. The van der Waals surface area contributed by atoms with Crippen molar-refractivity contribution in [2.45, 2.75) is 24.9 Å². The van der Waals surface area contributed by atoms with Crippen LogP contribution >= 0.6 is 0 Å². The molecule has 4 fully saturated rings. The summed E-state index contributed by atoms with van der Waals surface area (Å²) >= 11 is 0. The number of benzene rings is 1. The van der Waals surface area contributed by atoms with Crippen LogP contribution in [0.4, 0.5) is 0 Å². The lowest BCUT2D eigenvalue weighted by Gasteiger charge is -2.46. The number of hydrogen-bond donors (Lipinski definition) is 1. The number of fused-ring (bicyclic) bond motifs is 1. The minimum atomic E-state index is 0.0621. The largest absolute Gasteiger partial charge is 0.496 e. The van der Waals surface area contributed by atoms with Crippen molar-refractivity contribution in [2.75, 3.05) is 26.7 Å². The first kappa shape index (κ1) is 13.2. The standard InChI is InChI=1S/C18H20N4O2/c1-24-12-4-2-3-11-15(12)16(20-19-11)17(23)22-8-10-7-13-18(10)5-6-21(13)9-14(18)22/h2-4,10,13-14H,5-9H2,1H3,(H,19,20)/t10-,13?,14-,18-/m0/s1. The summed E-state index contributed by atoms with van der Waals surface area (Å²) in [5.41, 5.74) is 1.76. The smallest absolute Gasteiger partial charge is 0.275 e. The minimum Gasteiger partial charge on any atom is -0.496 e. The Labute approximate surface area is 139 Å². The Bertz CT molecular complexity index is 877. The molecule has 6 nitrogen and oxygen atoms in total. The quantitative estimate of drug-likeness (QED) is 0.909. The van der Waals surface area contributed by atoms with Gasteiger partial charge in [-0.25, -0.2) is 0 Å². The normalized spacial score (nSPS) is 38.5. The molecule has 1 aromatic heterocycles. The maximum absolute atomic E-state index is 13.3. The fourth-order valence-electron chi connectivity index (χ4n) is 6.17. The molecule has 1 N–H and O–H groups in total. The van der Waals surface area contributed by atoms with Gasteiger partial charge in [-0.1, -0.05) is 6.07 Å². The number of rotatable bonds is 2. The van der Waals surface area contributed by atoms with Crippen LogP contribution in [-0.2, 0) is 0 Å². The highest BCUT2D eigenvalue weighted by atomic mass is 16.5. The van der Waals surface area contributed by atoms with Gasteiger partial charge >= 0.3 is 0 Å². The molecule has 6 rings (SSSR count). The molecule has 0 radical (unpaired) electrons. The summed E-state index contributed by atoms with van der Waals surface area (Å²) in [5.74, 6) is 1.46. The highest BCUT2D eigenvalue weighted by Gasteiger charge is 2.73. The Morgan fingerprint density at radius 3 is 3.12 bits per heavy atom. The lowest BCUT2D eigenvalue weighted by molar-refractivity contribution is 0.0484. The third-order valence-corrected chi connectivity index (χ3v) is 7.22. The van der Waals surface area contributed by atoms with Crippen molar-refractivity contribution in [3.8, 4) is 5.75 Å². The van der Waals surface area contributed by atoms with Crippen molar-refractivity contribution < 1.29 is 9.53 Å². The second kappa shape index (κ2) is 4.11. The van der Waals surface area contributed by atoms with E-state index in [1.165, 1.54) is 19.4 Å². The molecule has 2 unspecified atom stereocenters. The molecular formula is C18H20N4O2. The van der Waals surface area contributed by atoms with E-state index in [4.69, 9.17) is 4.74 Å². The molecule has 2 bridgehead atoms. The minimum absolute atomic E-state index is 0.0621. The zero-order chi connectivity index (χ0) is 16.1. The van der Waals surface area contributed by atoms with Gasteiger partial charge in [-0.05, 0) is 37.4 Å². The van der Waals surface area contributed by atoms with E-state index < -0.39 is 0 Å². The van der Waals surface area contributed by atoms with Crippen LogP contribution in [0.25, 0.3) is 10.9 Å². The van der Waals surface area contributed by atoms with E-state index in [1.54, 1.807) is 7.11 Å². The number of piperidine rings is 1. The molecule has 6 heteroatoms. The molecule has 1 aliphatic carbocycles. The number of amides is 1. The Kier molecular flexibility index (Phi) is 2.27. The summed E-state index contributed by atoms with van der Waals surface area (Å²) in [6, 6.07) is 6.85. The number of carbonyl (C=O) groups is 1. The van der Waals surface area contributed by atoms with Gasteiger partial charge < -0.3 is 9.64 Å². The molecule has 124 valence electrons. The van der Waals surface area contributed by atoms with Crippen molar-refractivity contribution in [1.29, 1.82) is 0 Å². The lowest BCUT2D eigenvalue weighted by Crippen LogP contribution is -2.51. The predicted octanol–water partition coefficient (Wildman–Crippen LogP) is 1.49. The van der Waals surface area contributed by atoms with Crippen molar-refractivity contribution in [3.05, 3.63) is 23.9 Å². The summed E-state index contributed by atoms with van der Waals surface area (Å²) in [6.45, 7) is 3.17. The topological polar surface area (TPSA) is 61.5 Å². The molecule has 1 saturated carbocycles. The van der Waals surface area contributed by atoms with Gasteiger partial charge in [0.2, 0.25) is 0 Å². The van der Waals surface area contributed by atoms with Gasteiger partial charge in [0.1, 0.15) is 5.75 Å². The third-order valence-electron chi connectivity index (χ3n) is 7.22. The van der Waals surface area contributed by atoms with Gasteiger partial charge in [-0.2, -0.15) is 5.10 Å². The fraction of sp³-hybridized carbons (Fsp3) is 0.556. The van der Waals surface area contributed by atoms with Crippen molar-refractivity contribution >= 4 is 16.8 Å². The maximum atomic E-state index is 13.3. The Hall–Kier alpha value is -2.08. The Balaban J connectivity index is 1.43. The second-order valence-corrected chi connectivity index (χ2v) is 7.73. The van der Waals surface area contributed by atoms with Gasteiger partial charge in [0.25, 0.3) is 5.91 Å². The first-order valence-corrected chi connectivity index (χ1v) is 8.80. The molecule has 1 spiro atoms. The Morgan fingerprint density at radius 2 is 2.29 bits per heavy atom. The number of H-pyrrole nitrogens is 1. The van der Waals surface area contributed by atoms with Crippen LogP contribution in [0.1, 0.15) is 23.3 Å². The number of methoxy groups -OCH3 is 1. The number of carbonyl (C=O) groups excluding carboxylic acids is 1. The highest BCUT2D eigenvalue weighted by Crippen LogP contribution is 2.67. The predicted molar refractivity (Wildman–Crippen MR) is 88.0 cm³/mol. The van der Waals surface area contributed by atoms with Crippen molar-refractivity contribution in [1.82, 2.24) is 20.0 Å². The first-order chi connectivity index (χ1) is 11.7. The molecule has 5 atom stereocenters. The van der Waals surface area contributed by atoms with Crippen LogP contribution in [-0.4, -0.2) is 64.7 Å². The van der Waals surface area contributed by atoms with Gasteiger partial charge in [0.15, 0.2) is 5.69 Å². The SMILES string of the molecule is COc1cccc2[nH]nc(C(=O)N3C[C@@H]4CC5N6CC[C@@]54[C@@H]3C6)c12. The molecule has 3 aliphatic heterocycles. The van der Waals surface area contributed by atoms with Gasteiger partial charge in [0.05, 0.1) is 24.1 Å². The van der Waals surface area contributed by atoms with E-state index in [1.807, 2.05) is 18.2 Å². The monoisotopic (exact) mass is 324 g/mol. The van der Waals surface area contributed by atoms with Gasteiger partial charge in [-0.3, -0.25) is 14.8 Å². The molecule has 4 heterocycles. The molecule has 4 aliphatic rings. The van der Waals surface area contributed by atoms with Crippen LogP contribution in [0.3, 0.4) is 0 Å². The number of nitrogens with one attached hydrogen (secondary N) is 1. The van der Waals surface area contributed by atoms with Crippen molar-refractivity contribution in [2.24, 2.45) is 11.3 Å². The fourth-order valence-corrected chi connectivity index (χ4v) is 6.17. The van der Waals surface area contributed by atoms with Crippen molar-refractivity contribution in [3.63, 3.8) is 0 Å². The second-order valence-electron chi connectivity index (χ2n) is 7.73. The average molecular weight is 324 g/mol. The van der Waals surface area contributed by atoms with Crippen LogP contribution in [0.15, 0.2) is 18.2 Å². The molecular weight excluding hydrogens is 304 g/mol. The van der Waals surface area contributed by atoms with Gasteiger partial charge in [-0.15, -0.1) is 0 Å². The molecule has 2 aromatic rings. The zero-order valence-electron chi connectivity index (χ0n) is 13.7. The summed E-state index contributed by atoms with van der Waals surface area (Å²) < 4.78 is 5.46. The number of likely N-dealkylation sites (tertiary alicyclic amines) is 1. The van der Waals surface area contributed by atoms with Crippen LogP contribution in [0, 0.1) is 11.3 Å². The Morgan fingerprint density at radius 1 is 1.38 bits per heavy atom. The number of aromatic nitrogens is 2. The number of aromatic amines is 1. The summed E-state index contributed by atoms with van der Waals surface area (Å²) in [4.78, 5) is 18.1. The van der Waals surface area contributed by atoms with E-state index >= 15 is 0 Å². The summed E-state index contributed by atoms with van der Waals surface area (Å²) in [6.07, 6.45) is 2.53. The van der Waals surface area contributed by atoms with E-state index in [9.17, 15) is 4.79 Å². The lowest BCUT2D eigenvalue weighted by atomic mass is 9.57. The number of ether oxygens (including phenoxy) is 1. The number of hydrogen-bond acceptors (Lipinski definition) is 4. The maximum Gasteiger partial charge on any atom is 0.275 e. The summed E-state index contributed by atoms with van der Waals surface area (Å²) in [7, 11) is 1.64. The molecule has 1 aromatic carbocycles. The van der Waals surface area contributed by atoms with E-state index in [0.29, 0.717) is 28.8 Å². The molecule has 24 heavy (non-hydrogen) atoms. The zero-order valence-corrected chi connectivity index (χ0v) is 13.7. The van der Waals surface area contributed by atoms with Crippen LogP contribution in [0.2, 0.25) is 0 Å².